The summed E-state index contributed by atoms with van der Waals surface area (Å²) in [7, 11) is 0. The maximum Gasteiger partial charge on any atom is 0.250 e. The summed E-state index contributed by atoms with van der Waals surface area (Å²) in [4.78, 5) is 21.3. The molecule has 0 atom stereocenters. The van der Waals surface area contributed by atoms with Crippen molar-refractivity contribution in [3.8, 4) is 17.4 Å². The molecule has 134 valence electrons. The predicted octanol–water partition coefficient (Wildman–Crippen LogP) is 3.26. The van der Waals surface area contributed by atoms with Gasteiger partial charge in [-0.2, -0.15) is 5.10 Å². The van der Waals surface area contributed by atoms with Gasteiger partial charge in [-0.15, -0.1) is 0 Å². The van der Waals surface area contributed by atoms with E-state index in [0.29, 0.717) is 46.4 Å². The fourth-order valence-electron chi connectivity index (χ4n) is 3.33. The summed E-state index contributed by atoms with van der Waals surface area (Å²) in [5, 5.41) is 4.77. The Morgan fingerprint density at radius 1 is 1.15 bits per heavy atom. The van der Waals surface area contributed by atoms with Gasteiger partial charge in [0.15, 0.2) is 17.3 Å². The van der Waals surface area contributed by atoms with Crippen molar-refractivity contribution in [3.63, 3.8) is 0 Å². The number of halogens is 1. The number of fused-ring (bicyclic) bond motifs is 2. The second kappa shape index (κ2) is 6.21. The molecular weight excluding hydrogens is 368 g/mol. The molecule has 27 heavy (non-hydrogen) atoms. The van der Waals surface area contributed by atoms with Crippen LogP contribution in [0.4, 0.5) is 0 Å². The van der Waals surface area contributed by atoms with E-state index in [2.05, 4.69) is 15.1 Å². The van der Waals surface area contributed by atoms with E-state index in [9.17, 15) is 4.79 Å². The fraction of sp³-hybridized carbons (Fsp3) is 0.158. The van der Waals surface area contributed by atoms with Crippen LogP contribution in [0.3, 0.4) is 0 Å². The normalized spacial score (nSPS) is 16.6. The van der Waals surface area contributed by atoms with Crippen molar-refractivity contribution < 1.29 is 14.3 Å². The minimum atomic E-state index is -0.0489. The van der Waals surface area contributed by atoms with E-state index in [-0.39, 0.29) is 12.6 Å². The number of hydrogen-bond donors (Lipinski definition) is 0. The van der Waals surface area contributed by atoms with Gasteiger partial charge in [-0.3, -0.25) is 4.79 Å². The van der Waals surface area contributed by atoms with Crippen LogP contribution in [0, 0.1) is 0 Å². The largest absolute Gasteiger partial charge is 0.454 e. The maximum absolute atomic E-state index is 12.9. The van der Waals surface area contributed by atoms with Crippen molar-refractivity contribution in [2.24, 2.45) is 0 Å². The number of nitrogens with zero attached hydrogens (tertiary/aromatic N) is 4. The minimum absolute atomic E-state index is 0.0489. The molecule has 0 fully saturated rings. The van der Waals surface area contributed by atoms with Crippen LogP contribution in [-0.2, 0) is 6.42 Å². The first kappa shape index (κ1) is 16.0. The van der Waals surface area contributed by atoms with Gasteiger partial charge in [0.05, 0.1) is 22.5 Å². The van der Waals surface area contributed by atoms with Crippen LogP contribution in [0.5, 0.6) is 11.5 Å². The number of ether oxygens (including phenoxy) is 2. The zero-order valence-corrected chi connectivity index (χ0v) is 14.8. The molecule has 0 N–H and O–H groups in total. The van der Waals surface area contributed by atoms with E-state index in [1.807, 2.05) is 12.1 Å². The molecule has 2 aromatic heterocycles. The Hall–Kier alpha value is -3.19. The number of rotatable bonds is 2. The monoisotopic (exact) mass is 380 g/mol. The first-order valence-corrected chi connectivity index (χ1v) is 8.77. The van der Waals surface area contributed by atoms with Gasteiger partial charge in [0.2, 0.25) is 6.79 Å². The second-order valence-electron chi connectivity index (χ2n) is 6.20. The van der Waals surface area contributed by atoms with Crippen molar-refractivity contribution in [3.05, 3.63) is 64.2 Å². The number of hydrogen-bond acceptors (Lipinski definition) is 6. The summed E-state index contributed by atoms with van der Waals surface area (Å²) in [5.41, 5.74) is 2.90. The predicted molar refractivity (Wildman–Crippen MR) is 97.4 cm³/mol. The van der Waals surface area contributed by atoms with Gasteiger partial charge in [-0.05, 0) is 42.7 Å². The Kier molecular flexibility index (Phi) is 3.68. The lowest BCUT2D eigenvalue weighted by Gasteiger charge is -2.15. The van der Waals surface area contributed by atoms with Gasteiger partial charge in [0, 0.05) is 18.0 Å². The molecule has 0 unspecified atom stereocenters. The molecule has 1 aliphatic heterocycles. The van der Waals surface area contributed by atoms with Crippen molar-refractivity contribution in [1.29, 1.82) is 0 Å². The first-order valence-electron chi connectivity index (χ1n) is 8.39. The molecule has 3 aromatic rings. The topological polar surface area (TPSA) is 79.1 Å². The molecule has 0 spiro atoms. The van der Waals surface area contributed by atoms with E-state index < -0.39 is 0 Å². The number of aromatic nitrogens is 4. The Morgan fingerprint density at radius 3 is 2.85 bits per heavy atom. The Bertz CT molecular complexity index is 1090. The van der Waals surface area contributed by atoms with E-state index in [1.165, 1.54) is 0 Å². The highest BCUT2D eigenvalue weighted by Crippen LogP contribution is 2.40. The van der Waals surface area contributed by atoms with E-state index in [1.54, 1.807) is 35.4 Å². The van der Waals surface area contributed by atoms with Crippen LogP contribution in [0.15, 0.2) is 42.4 Å². The van der Waals surface area contributed by atoms with Crippen LogP contribution in [0.2, 0.25) is 5.02 Å². The van der Waals surface area contributed by atoms with Gasteiger partial charge in [-0.25, -0.2) is 14.6 Å². The fourth-order valence-corrected chi connectivity index (χ4v) is 3.60. The molecule has 0 bridgehead atoms. The number of carbonyl (C=O) groups is 1. The summed E-state index contributed by atoms with van der Waals surface area (Å²) in [5.74, 6) is 1.54. The molecule has 0 saturated heterocycles. The summed E-state index contributed by atoms with van der Waals surface area (Å²) in [6.45, 7) is 0.151. The van der Waals surface area contributed by atoms with Crippen LogP contribution in [0.1, 0.15) is 28.0 Å². The first-order chi connectivity index (χ1) is 13.2. The van der Waals surface area contributed by atoms with Gasteiger partial charge in [0.1, 0.15) is 0 Å². The molecule has 2 aliphatic rings. The van der Waals surface area contributed by atoms with Crippen LogP contribution in [0.25, 0.3) is 12.0 Å². The molecule has 1 aromatic carbocycles. The van der Waals surface area contributed by atoms with E-state index >= 15 is 0 Å². The van der Waals surface area contributed by atoms with Gasteiger partial charge >= 0.3 is 0 Å². The highest BCUT2D eigenvalue weighted by Gasteiger charge is 2.27. The molecule has 8 heteroatoms. The minimum Gasteiger partial charge on any atom is -0.454 e. The number of carbonyl (C=O) groups excluding carboxylic acids is 1. The molecule has 3 heterocycles. The molecular formula is C19H13ClN4O3. The third-order valence-corrected chi connectivity index (χ3v) is 4.85. The number of ketones is 1. The van der Waals surface area contributed by atoms with Gasteiger partial charge in [-0.1, -0.05) is 11.6 Å². The van der Waals surface area contributed by atoms with Crippen LogP contribution < -0.4 is 9.47 Å². The SMILES string of the molecule is O=C1/C(=C/c2cc(Cl)c3c(c2)OCO3)CCc2c1cnn2-c1ncccn1. The number of allylic oxidation sites excluding steroid dienone is 1. The molecule has 0 radical (unpaired) electrons. The van der Waals surface area contributed by atoms with E-state index in [0.717, 1.165) is 11.3 Å². The Labute approximate surface area is 159 Å². The third-order valence-electron chi connectivity index (χ3n) is 4.57. The van der Waals surface area contributed by atoms with Crippen molar-refractivity contribution in [1.82, 2.24) is 19.7 Å². The van der Waals surface area contributed by atoms with Crippen molar-refractivity contribution in [2.75, 3.05) is 6.79 Å². The molecule has 0 saturated carbocycles. The highest BCUT2D eigenvalue weighted by molar-refractivity contribution is 6.32. The van der Waals surface area contributed by atoms with Crippen molar-refractivity contribution in [2.45, 2.75) is 12.8 Å². The molecule has 1 aliphatic carbocycles. The average molecular weight is 381 g/mol. The standard InChI is InChI=1S/C19H13ClN4O3/c20-14-7-11(8-16-18(14)27-10-26-16)6-12-2-3-15-13(17(12)25)9-23-24(15)19-21-4-1-5-22-19/h1,4-9H,2-3,10H2/b12-6+. The maximum atomic E-state index is 12.9. The van der Waals surface area contributed by atoms with Crippen molar-refractivity contribution >= 4 is 23.5 Å². The van der Waals surface area contributed by atoms with E-state index in [4.69, 9.17) is 21.1 Å². The zero-order chi connectivity index (χ0) is 18.4. The zero-order valence-electron chi connectivity index (χ0n) is 14.1. The van der Waals surface area contributed by atoms with Crippen LogP contribution >= 0.6 is 11.6 Å². The summed E-state index contributed by atoms with van der Waals surface area (Å²) >= 11 is 6.23. The van der Waals surface area contributed by atoms with Gasteiger partial charge in [0.25, 0.3) is 5.95 Å². The lowest BCUT2D eigenvalue weighted by Crippen LogP contribution is -2.16. The highest BCUT2D eigenvalue weighted by atomic mass is 35.5. The average Bonchev–Trinajstić information content (AvgIpc) is 3.32. The molecule has 7 nitrogen and oxygen atoms in total. The second-order valence-corrected chi connectivity index (χ2v) is 6.61. The lowest BCUT2D eigenvalue weighted by molar-refractivity contribution is 0.102. The molecule has 0 amide bonds. The third kappa shape index (κ3) is 2.67. The number of Topliss-reactive ketones (excluding diaryl/α,β-unsaturated/α-hetero) is 1. The smallest absolute Gasteiger partial charge is 0.250 e. The van der Waals surface area contributed by atoms with Crippen LogP contribution in [-0.4, -0.2) is 32.3 Å². The lowest BCUT2D eigenvalue weighted by atomic mass is 9.90. The van der Waals surface area contributed by atoms with Gasteiger partial charge < -0.3 is 9.47 Å². The summed E-state index contributed by atoms with van der Waals surface area (Å²) in [6.07, 6.45) is 7.98. The Morgan fingerprint density at radius 2 is 2.00 bits per heavy atom. The molecule has 5 rings (SSSR count). The number of benzene rings is 1. The summed E-state index contributed by atoms with van der Waals surface area (Å²) in [6, 6.07) is 5.33. The quantitative estimate of drug-likeness (QED) is 0.635. The Balaban J connectivity index is 1.50. The summed E-state index contributed by atoms with van der Waals surface area (Å²) < 4.78 is 12.3.